The summed E-state index contributed by atoms with van der Waals surface area (Å²) in [6.45, 7) is 6.40. The topological polar surface area (TPSA) is 51.8 Å². The highest BCUT2D eigenvalue weighted by Crippen LogP contribution is 2.25. The van der Waals surface area contributed by atoms with Gasteiger partial charge in [-0.3, -0.25) is 4.98 Å². The van der Waals surface area contributed by atoms with Crippen LogP contribution < -0.4 is 5.73 Å². The minimum atomic E-state index is -0.347. The van der Waals surface area contributed by atoms with E-state index < -0.39 is 0 Å². The number of hydrogen-bond donors (Lipinski definition) is 1. The molecule has 0 spiro atoms. The van der Waals surface area contributed by atoms with Crippen LogP contribution in [0.1, 0.15) is 43.2 Å². The minimum Gasteiger partial charge on any atom is -0.322 e. The van der Waals surface area contributed by atoms with Gasteiger partial charge in [-0.2, -0.15) is 0 Å². The zero-order chi connectivity index (χ0) is 14.0. The van der Waals surface area contributed by atoms with E-state index in [-0.39, 0.29) is 17.3 Å². The first-order chi connectivity index (χ1) is 8.86. The van der Waals surface area contributed by atoms with Crippen molar-refractivity contribution in [1.82, 2.24) is 9.97 Å². The molecule has 5 heteroatoms. The largest absolute Gasteiger partial charge is 0.322 e. The number of aromatic nitrogens is 2. The van der Waals surface area contributed by atoms with Crippen LogP contribution in [0.2, 0.25) is 0 Å². The van der Waals surface area contributed by atoms with Crippen molar-refractivity contribution < 1.29 is 4.39 Å². The van der Waals surface area contributed by atoms with Gasteiger partial charge in [0, 0.05) is 17.2 Å². The van der Waals surface area contributed by atoms with Gasteiger partial charge in [-0.05, 0) is 12.1 Å². The molecule has 102 valence electrons. The van der Waals surface area contributed by atoms with Gasteiger partial charge in [0.25, 0.3) is 0 Å². The molecule has 0 aliphatic rings. The quantitative estimate of drug-likeness (QED) is 0.938. The van der Waals surface area contributed by atoms with Crippen LogP contribution in [0.4, 0.5) is 4.39 Å². The highest BCUT2D eigenvalue weighted by molar-refractivity contribution is 7.09. The predicted molar refractivity (Wildman–Crippen MR) is 75.6 cm³/mol. The van der Waals surface area contributed by atoms with Gasteiger partial charge in [0.1, 0.15) is 5.82 Å². The average molecular weight is 279 g/mol. The predicted octanol–water partition coefficient (Wildman–Crippen LogP) is 3.22. The Labute approximate surface area is 116 Å². The molecule has 3 nitrogen and oxygen atoms in total. The van der Waals surface area contributed by atoms with Crippen LogP contribution in [0.25, 0.3) is 0 Å². The van der Waals surface area contributed by atoms with Crippen molar-refractivity contribution in [3.63, 3.8) is 0 Å². The van der Waals surface area contributed by atoms with E-state index in [4.69, 9.17) is 5.73 Å². The van der Waals surface area contributed by atoms with Crippen molar-refractivity contribution in [3.8, 4) is 0 Å². The molecule has 2 heterocycles. The Hall–Kier alpha value is -1.33. The van der Waals surface area contributed by atoms with E-state index in [1.165, 1.54) is 12.3 Å². The Morgan fingerprint density at radius 2 is 2.11 bits per heavy atom. The fourth-order valence-corrected chi connectivity index (χ4v) is 2.73. The number of nitrogens with zero attached hydrogens (tertiary/aromatic N) is 2. The summed E-state index contributed by atoms with van der Waals surface area (Å²) in [5.41, 5.74) is 7.89. The molecule has 2 aromatic heterocycles. The first-order valence-corrected chi connectivity index (χ1v) is 7.06. The Balaban J connectivity index is 2.08. The van der Waals surface area contributed by atoms with Gasteiger partial charge < -0.3 is 5.73 Å². The second-order valence-electron chi connectivity index (χ2n) is 5.59. The molecule has 2 N–H and O–H groups in total. The number of hydrogen-bond acceptors (Lipinski definition) is 4. The van der Waals surface area contributed by atoms with E-state index in [0.717, 1.165) is 10.7 Å². The summed E-state index contributed by atoms with van der Waals surface area (Å²) in [6.07, 6.45) is 1.82. The number of thiazole rings is 1. The van der Waals surface area contributed by atoms with Gasteiger partial charge in [-0.1, -0.05) is 20.8 Å². The molecule has 0 saturated heterocycles. The van der Waals surface area contributed by atoms with Crippen LogP contribution in [0.3, 0.4) is 0 Å². The van der Waals surface area contributed by atoms with Crippen LogP contribution in [0.5, 0.6) is 0 Å². The lowest BCUT2D eigenvalue weighted by Crippen LogP contribution is -2.16. The first kappa shape index (κ1) is 14.1. The average Bonchev–Trinajstić information content (AvgIpc) is 2.78. The van der Waals surface area contributed by atoms with E-state index in [2.05, 4.69) is 36.1 Å². The molecule has 2 aromatic rings. The van der Waals surface area contributed by atoms with Gasteiger partial charge in [0.05, 0.1) is 28.6 Å². The SMILES string of the molecule is CC(C)(C)c1csc(CC(N)c2ccc(F)cn2)n1. The van der Waals surface area contributed by atoms with Gasteiger partial charge in [0.2, 0.25) is 0 Å². The van der Waals surface area contributed by atoms with Crippen molar-refractivity contribution in [2.24, 2.45) is 5.73 Å². The number of rotatable bonds is 3. The molecule has 0 fully saturated rings. The van der Waals surface area contributed by atoms with Crippen molar-refractivity contribution in [1.29, 1.82) is 0 Å². The normalized spacial score (nSPS) is 13.5. The lowest BCUT2D eigenvalue weighted by Gasteiger charge is -2.14. The molecule has 0 bridgehead atoms. The lowest BCUT2D eigenvalue weighted by molar-refractivity contribution is 0.568. The molecule has 0 amide bonds. The summed E-state index contributed by atoms with van der Waals surface area (Å²) in [5, 5.41) is 3.06. The molecule has 0 radical (unpaired) electrons. The van der Waals surface area contributed by atoms with Crippen LogP contribution in [-0.2, 0) is 11.8 Å². The first-order valence-electron chi connectivity index (χ1n) is 6.18. The van der Waals surface area contributed by atoms with Gasteiger partial charge in [0.15, 0.2) is 0 Å². The van der Waals surface area contributed by atoms with Gasteiger partial charge in [-0.25, -0.2) is 9.37 Å². The van der Waals surface area contributed by atoms with Crippen LogP contribution in [0, 0.1) is 5.82 Å². The summed E-state index contributed by atoms with van der Waals surface area (Å²) in [5.74, 6) is -0.347. The highest BCUT2D eigenvalue weighted by Gasteiger charge is 2.18. The monoisotopic (exact) mass is 279 g/mol. The third-order valence-corrected chi connectivity index (χ3v) is 3.72. The third-order valence-electron chi connectivity index (χ3n) is 2.84. The second kappa shape index (κ2) is 5.35. The number of pyridine rings is 1. The standard InChI is InChI=1S/C14H18FN3S/c1-14(2,3)12-8-19-13(18-12)6-10(16)11-5-4-9(15)7-17-11/h4-5,7-8,10H,6,16H2,1-3H3. The van der Waals surface area contributed by atoms with Crippen molar-refractivity contribution >= 4 is 11.3 Å². The van der Waals surface area contributed by atoms with Crippen molar-refractivity contribution in [2.75, 3.05) is 0 Å². The molecule has 1 atom stereocenters. The minimum absolute atomic E-state index is 0.0486. The summed E-state index contributed by atoms with van der Waals surface area (Å²) in [6, 6.07) is 2.75. The van der Waals surface area contributed by atoms with E-state index in [1.54, 1.807) is 17.4 Å². The zero-order valence-corrected chi connectivity index (χ0v) is 12.2. The highest BCUT2D eigenvalue weighted by atomic mass is 32.1. The van der Waals surface area contributed by atoms with Crippen LogP contribution in [-0.4, -0.2) is 9.97 Å². The molecular weight excluding hydrogens is 261 g/mol. The third kappa shape index (κ3) is 3.58. The molecular formula is C14H18FN3S. The number of nitrogens with two attached hydrogens (primary N) is 1. The van der Waals surface area contributed by atoms with Gasteiger partial charge >= 0.3 is 0 Å². The Morgan fingerprint density at radius 3 is 2.63 bits per heavy atom. The van der Waals surface area contributed by atoms with Gasteiger partial charge in [-0.15, -0.1) is 11.3 Å². The van der Waals surface area contributed by atoms with E-state index >= 15 is 0 Å². The molecule has 19 heavy (non-hydrogen) atoms. The maximum absolute atomic E-state index is 12.8. The second-order valence-corrected chi connectivity index (χ2v) is 6.53. The Bertz CT molecular complexity index is 543. The Morgan fingerprint density at radius 1 is 1.37 bits per heavy atom. The van der Waals surface area contributed by atoms with E-state index in [9.17, 15) is 4.39 Å². The zero-order valence-electron chi connectivity index (χ0n) is 11.4. The summed E-state index contributed by atoms with van der Waals surface area (Å²) in [4.78, 5) is 8.61. The maximum Gasteiger partial charge on any atom is 0.141 e. The fraction of sp³-hybridized carbons (Fsp3) is 0.429. The molecule has 0 aliphatic carbocycles. The van der Waals surface area contributed by atoms with Crippen LogP contribution >= 0.6 is 11.3 Å². The summed E-state index contributed by atoms with van der Waals surface area (Å²) < 4.78 is 12.8. The summed E-state index contributed by atoms with van der Waals surface area (Å²) in [7, 11) is 0. The maximum atomic E-state index is 12.8. The molecule has 1 unspecified atom stereocenters. The molecule has 0 aromatic carbocycles. The lowest BCUT2D eigenvalue weighted by atomic mass is 9.93. The van der Waals surface area contributed by atoms with Crippen LogP contribution in [0.15, 0.2) is 23.7 Å². The van der Waals surface area contributed by atoms with Crippen molar-refractivity contribution in [3.05, 3.63) is 45.9 Å². The smallest absolute Gasteiger partial charge is 0.141 e. The molecule has 2 rings (SSSR count). The molecule has 0 saturated carbocycles. The number of halogens is 1. The van der Waals surface area contributed by atoms with Crippen molar-refractivity contribution in [2.45, 2.75) is 38.6 Å². The molecule has 0 aliphatic heterocycles. The summed E-state index contributed by atoms with van der Waals surface area (Å²) >= 11 is 1.61. The van der Waals surface area contributed by atoms with E-state index in [0.29, 0.717) is 12.1 Å². The van der Waals surface area contributed by atoms with E-state index in [1.807, 2.05) is 0 Å². The Kier molecular flexibility index (Phi) is 3.96. The fourth-order valence-electron chi connectivity index (χ4n) is 1.65.